The van der Waals surface area contributed by atoms with Crippen LogP contribution in [0.1, 0.15) is 10.6 Å². The summed E-state index contributed by atoms with van der Waals surface area (Å²) in [5.41, 5.74) is 0. The SMILES string of the molecule is O=C(NC[C@H](O)C(=O)O)c1ccc([N+](=O)[O-])o1. The molecule has 0 aliphatic carbocycles. The zero-order valence-corrected chi connectivity index (χ0v) is 8.32. The summed E-state index contributed by atoms with van der Waals surface area (Å²) < 4.78 is 4.56. The molecule has 92 valence electrons. The number of rotatable bonds is 5. The first-order chi connectivity index (χ1) is 7.91. The van der Waals surface area contributed by atoms with Gasteiger partial charge in [0.15, 0.2) is 11.9 Å². The van der Waals surface area contributed by atoms with E-state index in [9.17, 15) is 19.7 Å². The highest BCUT2D eigenvalue weighted by Gasteiger charge is 2.19. The second kappa shape index (κ2) is 5.07. The van der Waals surface area contributed by atoms with Crippen molar-refractivity contribution in [3.05, 3.63) is 28.0 Å². The molecule has 0 radical (unpaired) electrons. The quantitative estimate of drug-likeness (QED) is 0.461. The van der Waals surface area contributed by atoms with Crippen LogP contribution in [-0.2, 0) is 4.79 Å². The molecule has 1 aromatic heterocycles. The van der Waals surface area contributed by atoms with E-state index in [4.69, 9.17) is 10.2 Å². The molecule has 1 rings (SSSR count). The molecule has 0 saturated heterocycles. The van der Waals surface area contributed by atoms with Gasteiger partial charge in [0.2, 0.25) is 0 Å². The van der Waals surface area contributed by atoms with Crippen LogP contribution in [0.2, 0.25) is 0 Å². The third kappa shape index (κ3) is 3.28. The summed E-state index contributed by atoms with van der Waals surface area (Å²) in [6, 6.07) is 2.06. The second-order valence-corrected chi connectivity index (χ2v) is 2.96. The van der Waals surface area contributed by atoms with Gasteiger partial charge >= 0.3 is 11.9 Å². The highest BCUT2D eigenvalue weighted by atomic mass is 16.6. The van der Waals surface area contributed by atoms with Crippen LogP contribution in [0.3, 0.4) is 0 Å². The monoisotopic (exact) mass is 244 g/mol. The van der Waals surface area contributed by atoms with Gasteiger partial charge in [-0.25, -0.2) is 4.79 Å². The van der Waals surface area contributed by atoms with Crippen molar-refractivity contribution in [2.45, 2.75) is 6.10 Å². The Kier molecular flexibility index (Phi) is 3.78. The minimum Gasteiger partial charge on any atom is -0.479 e. The maximum Gasteiger partial charge on any atom is 0.433 e. The van der Waals surface area contributed by atoms with E-state index in [0.717, 1.165) is 12.1 Å². The summed E-state index contributed by atoms with van der Waals surface area (Å²) in [4.78, 5) is 30.9. The molecular weight excluding hydrogens is 236 g/mol. The molecule has 0 spiro atoms. The Bertz CT molecular complexity index is 452. The number of hydrogen-bond acceptors (Lipinski definition) is 6. The molecule has 0 unspecified atom stereocenters. The lowest BCUT2D eigenvalue weighted by Crippen LogP contribution is -2.36. The Morgan fingerprint density at radius 2 is 2.18 bits per heavy atom. The van der Waals surface area contributed by atoms with Crippen LogP contribution in [0.4, 0.5) is 5.88 Å². The molecule has 3 N–H and O–H groups in total. The maximum absolute atomic E-state index is 11.3. The molecule has 0 aliphatic rings. The number of carboxylic acids is 1. The number of aliphatic carboxylic acids is 1. The number of nitrogens with zero attached hydrogens (tertiary/aromatic N) is 1. The van der Waals surface area contributed by atoms with Crippen molar-refractivity contribution in [2.24, 2.45) is 0 Å². The molecule has 0 fully saturated rings. The summed E-state index contributed by atoms with van der Waals surface area (Å²) in [6.07, 6.45) is -1.75. The number of hydrogen-bond donors (Lipinski definition) is 3. The minimum atomic E-state index is -1.75. The van der Waals surface area contributed by atoms with Crippen molar-refractivity contribution in [1.29, 1.82) is 0 Å². The number of carbonyl (C=O) groups is 2. The van der Waals surface area contributed by atoms with Crippen molar-refractivity contribution in [3.63, 3.8) is 0 Å². The number of carbonyl (C=O) groups excluding carboxylic acids is 1. The van der Waals surface area contributed by atoms with Crippen molar-refractivity contribution in [3.8, 4) is 0 Å². The molecule has 1 aromatic rings. The Morgan fingerprint density at radius 3 is 2.65 bits per heavy atom. The predicted octanol–water partition coefficient (Wildman–Crippen LogP) is -0.637. The third-order valence-corrected chi connectivity index (χ3v) is 1.74. The molecule has 1 heterocycles. The van der Waals surface area contributed by atoms with Gasteiger partial charge in [-0.05, 0) is 6.07 Å². The molecule has 0 aromatic carbocycles. The molecule has 9 nitrogen and oxygen atoms in total. The van der Waals surface area contributed by atoms with Crippen molar-refractivity contribution in [1.82, 2.24) is 5.32 Å². The number of amides is 1. The van der Waals surface area contributed by atoms with Crippen LogP contribution in [0.15, 0.2) is 16.5 Å². The van der Waals surface area contributed by atoms with Crippen LogP contribution >= 0.6 is 0 Å². The molecule has 0 saturated carbocycles. The molecule has 0 aliphatic heterocycles. The fraction of sp³-hybridized carbons (Fsp3) is 0.250. The van der Waals surface area contributed by atoms with E-state index in [0.29, 0.717) is 0 Å². The van der Waals surface area contributed by atoms with E-state index in [-0.39, 0.29) is 5.76 Å². The topological polar surface area (TPSA) is 143 Å². The Morgan fingerprint density at radius 1 is 1.53 bits per heavy atom. The smallest absolute Gasteiger partial charge is 0.433 e. The Hall–Kier alpha value is -2.42. The summed E-state index contributed by atoms with van der Waals surface area (Å²) in [6.45, 7) is -0.525. The third-order valence-electron chi connectivity index (χ3n) is 1.74. The van der Waals surface area contributed by atoms with E-state index >= 15 is 0 Å². The zero-order chi connectivity index (χ0) is 13.0. The van der Waals surface area contributed by atoms with E-state index in [2.05, 4.69) is 4.42 Å². The van der Waals surface area contributed by atoms with Crippen LogP contribution in [0.5, 0.6) is 0 Å². The summed E-state index contributed by atoms with van der Waals surface area (Å²) >= 11 is 0. The molecule has 1 amide bonds. The van der Waals surface area contributed by atoms with Gasteiger partial charge in [-0.3, -0.25) is 14.9 Å². The maximum atomic E-state index is 11.3. The molecule has 9 heteroatoms. The Labute approximate surface area is 93.8 Å². The van der Waals surface area contributed by atoms with Crippen molar-refractivity contribution in [2.75, 3.05) is 6.54 Å². The van der Waals surface area contributed by atoms with E-state index in [1.54, 1.807) is 0 Å². The van der Waals surface area contributed by atoms with Crippen molar-refractivity contribution < 1.29 is 29.1 Å². The lowest BCUT2D eigenvalue weighted by Gasteiger charge is -2.05. The number of nitro groups is 1. The van der Waals surface area contributed by atoms with Crippen LogP contribution < -0.4 is 5.32 Å². The van der Waals surface area contributed by atoms with E-state index < -0.39 is 35.3 Å². The van der Waals surface area contributed by atoms with Crippen LogP contribution in [0.25, 0.3) is 0 Å². The average molecular weight is 244 g/mol. The summed E-state index contributed by atoms with van der Waals surface area (Å²) in [5.74, 6) is -3.28. The lowest BCUT2D eigenvalue weighted by molar-refractivity contribution is -0.402. The van der Waals surface area contributed by atoms with Crippen LogP contribution in [-0.4, -0.2) is 39.7 Å². The van der Waals surface area contributed by atoms with Gasteiger partial charge in [-0.2, -0.15) is 0 Å². The van der Waals surface area contributed by atoms with E-state index in [1.807, 2.05) is 5.32 Å². The van der Waals surface area contributed by atoms with Gasteiger partial charge in [-0.1, -0.05) is 0 Å². The largest absolute Gasteiger partial charge is 0.479 e. The van der Waals surface area contributed by atoms with Gasteiger partial charge in [0.05, 0.1) is 12.6 Å². The zero-order valence-electron chi connectivity index (χ0n) is 8.32. The number of carboxylic acid groups (broad SMARTS) is 1. The van der Waals surface area contributed by atoms with Gasteiger partial charge in [0, 0.05) is 0 Å². The summed E-state index contributed by atoms with van der Waals surface area (Å²) in [7, 11) is 0. The first-order valence-corrected chi connectivity index (χ1v) is 4.35. The first-order valence-electron chi connectivity index (χ1n) is 4.35. The standard InChI is InChI=1S/C8H8N2O7/c11-4(8(13)14)3-9-7(12)5-1-2-6(17-5)10(15)16/h1-2,4,11H,3H2,(H,9,12)(H,13,14)/t4-/m0/s1. The first kappa shape index (κ1) is 12.6. The second-order valence-electron chi connectivity index (χ2n) is 2.96. The highest BCUT2D eigenvalue weighted by Crippen LogP contribution is 2.15. The minimum absolute atomic E-state index is 0.339. The van der Waals surface area contributed by atoms with Gasteiger partial charge < -0.3 is 19.9 Å². The normalized spacial score (nSPS) is 11.8. The molecule has 0 bridgehead atoms. The Balaban J connectivity index is 2.58. The average Bonchev–Trinajstić information content (AvgIpc) is 2.74. The predicted molar refractivity (Wildman–Crippen MR) is 51.3 cm³/mol. The van der Waals surface area contributed by atoms with E-state index in [1.165, 1.54) is 0 Å². The van der Waals surface area contributed by atoms with Gasteiger partial charge in [0.25, 0.3) is 5.91 Å². The lowest BCUT2D eigenvalue weighted by atomic mass is 10.3. The molecule has 17 heavy (non-hydrogen) atoms. The van der Waals surface area contributed by atoms with Gasteiger partial charge in [0.1, 0.15) is 4.92 Å². The summed E-state index contributed by atoms with van der Waals surface area (Å²) in [5, 5.41) is 29.5. The molecule has 1 atom stereocenters. The van der Waals surface area contributed by atoms with Crippen LogP contribution in [0, 0.1) is 10.1 Å². The van der Waals surface area contributed by atoms with Gasteiger partial charge in [-0.15, -0.1) is 0 Å². The fourth-order valence-corrected chi connectivity index (χ4v) is 0.912. The number of aliphatic hydroxyl groups is 1. The number of nitrogens with one attached hydrogen (secondary N) is 1. The van der Waals surface area contributed by atoms with Crippen molar-refractivity contribution >= 4 is 17.8 Å². The highest BCUT2D eigenvalue weighted by molar-refractivity contribution is 5.92. The fourth-order valence-electron chi connectivity index (χ4n) is 0.912. The molecular formula is C8H8N2O7. The number of aliphatic hydroxyl groups excluding tert-OH is 1. The number of furan rings is 1.